The monoisotopic (exact) mass is 365 g/mol. The molecule has 25 heavy (non-hydrogen) atoms. The zero-order valence-electron chi connectivity index (χ0n) is 12.9. The molecule has 0 saturated heterocycles. The van der Waals surface area contributed by atoms with Crippen molar-refractivity contribution in [2.24, 2.45) is 0 Å². The van der Waals surface area contributed by atoms with E-state index in [1.54, 1.807) is 12.3 Å². The third kappa shape index (κ3) is 3.24. The van der Waals surface area contributed by atoms with Crippen molar-refractivity contribution in [3.05, 3.63) is 76.8 Å². The molecule has 2 aromatic heterocycles. The van der Waals surface area contributed by atoms with Crippen molar-refractivity contribution in [3.63, 3.8) is 0 Å². The Morgan fingerprint density at radius 1 is 1.08 bits per heavy atom. The zero-order chi connectivity index (χ0) is 17.2. The predicted octanol–water partition coefficient (Wildman–Crippen LogP) is 5.26. The number of pyridine rings is 1. The lowest BCUT2D eigenvalue weighted by Gasteiger charge is -2.09. The number of thiazole rings is 1. The van der Waals surface area contributed by atoms with Gasteiger partial charge >= 0.3 is 0 Å². The molecule has 0 aliphatic heterocycles. The van der Waals surface area contributed by atoms with Crippen LogP contribution >= 0.6 is 22.9 Å². The molecule has 1 amide bonds. The van der Waals surface area contributed by atoms with Crippen LogP contribution in [0, 0.1) is 0 Å². The number of amides is 1. The molecule has 0 saturated carbocycles. The Hall–Kier alpha value is -2.76. The molecule has 0 bridgehead atoms. The van der Waals surface area contributed by atoms with Crippen molar-refractivity contribution in [1.82, 2.24) is 9.97 Å². The van der Waals surface area contributed by atoms with E-state index in [1.807, 2.05) is 53.9 Å². The summed E-state index contributed by atoms with van der Waals surface area (Å²) in [6.07, 6.45) is 1.66. The number of halogens is 1. The maximum Gasteiger partial charge on any atom is 0.258 e. The average molecular weight is 366 g/mol. The number of hydrogen-bond acceptors (Lipinski definition) is 4. The first kappa shape index (κ1) is 15.7. The number of benzene rings is 2. The van der Waals surface area contributed by atoms with E-state index in [0.29, 0.717) is 15.7 Å². The minimum Gasteiger partial charge on any atom is -0.298 e. The molecule has 4 aromatic rings. The van der Waals surface area contributed by atoms with Gasteiger partial charge in [0.15, 0.2) is 5.13 Å². The van der Waals surface area contributed by atoms with Gasteiger partial charge in [0.2, 0.25) is 0 Å². The molecule has 4 rings (SSSR count). The second-order valence-electron chi connectivity index (χ2n) is 5.37. The van der Waals surface area contributed by atoms with E-state index >= 15 is 0 Å². The van der Waals surface area contributed by atoms with Gasteiger partial charge in [-0.3, -0.25) is 10.1 Å². The number of aromatic nitrogens is 2. The van der Waals surface area contributed by atoms with Gasteiger partial charge in [-0.2, -0.15) is 0 Å². The van der Waals surface area contributed by atoms with Gasteiger partial charge in [0.25, 0.3) is 5.91 Å². The molecule has 6 heteroatoms. The summed E-state index contributed by atoms with van der Waals surface area (Å²) in [5.74, 6) is -0.205. The summed E-state index contributed by atoms with van der Waals surface area (Å²) in [7, 11) is 0. The van der Waals surface area contributed by atoms with Gasteiger partial charge in [-0.05, 0) is 24.3 Å². The van der Waals surface area contributed by atoms with Crippen LogP contribution in [0.5, 0.6) is 0 Å². The zero-order valence-corrected chi connectivity index (χ0v) is 14.5. The molecule has 0 aliphatic carbocycles. The second-order valence-corrected chi connectivity index (χ2v) is 6.70. The normalized spacial score (nSPS) is 10.8. The van der Waals surface area contributed by atoms with Gasteiger partial charge in [-0.15, -0.1) is 11.3 Å². The molecule has 0 unspecified atom stereocenters. The van der Waals surface area contributed by atoms with E-state index in [9.17, 15) is 4.79 Å². The van der Waals surface area contributed by atoms with E-state index < -0.39 is 0 Å². The summed E-state index contributed by atoms with van der Waals surface area (Å²) in [6, 6.07) is 16.8. The molecule has 0 atom stereocenters. The van der Waals surface area contributed by atoms with Crippen LogP contribution in [0.1, 0.15) is 10.4 Å². The van der Waals surface area contributed by atoms with Crippen LogP contribution in [-0.4, -0.2) is 15.9 Å². The summed E-state index contributed by atoms with van der Waals surface area (Å²) in [6.45, 7) is 0. The summed E-state index contributed by atoms with van der Waals surface area (Å²) < 4.78 is 0. The summed E-state index contributed by atoms with van der Waals surface area (Å²) in [4.78, 5) is 21.6. The summed E-state index contributed by atoms with van der Waals surface area (Å²) in [5.41, 5.74) is 2.95. The quantitative estimate of drug-likeness (QED) is 0.538. The highest BCUT2D eigenvalue weighted by Crippen LogP contribution is 2.26. The van der Waals surface area contributed by atoms with Crippen molar-refractivity contribution in [2.45, 2.75) is 0 Å². The van der Waals surface area contributed by atoms with Crippen LogP contribution in [-0.2, 0) is 0 Å². The lowest BCUT2D eigenvalue weighted by atomic mass is 10.0. The van der Waals surface area contributed by atoms with Crippen molar-refractivity contribution in [1.29, 1.82) is 0 Å². The topological polar surface area (TPSA) is 54.9 Å². The first-order valence-corrected chi connectivity index (χ1v) is 8.83. The van der Waals surface area contributed by atoms with E-state index in [-0.39, 0.29) is 5.91 Å². The third-order valence-electron chi connectivity index (χ3n) is 3.75. The number of hydrogen-bond donors (Lipinski definition) is 1. The number of carbonyl (C=O) groups excluding carboxylic acids is 1. The second kappa shape index (κ2) is 6.63. The van der Waals surface area contributed by atoms with Crippen LogP contribution in [0.4, 0.5) is 5.13 Å². The molecule has 0 fully saturated rings. The molecule has 0 aliphatic rings. The van der Waals surface area contributed by atoms with Crippen LogP contribution in [0.2, 0.25) is 5.02 Å². The van der Waals surface area contributed by atoms with E-state index in [4.69, 9.17) is 11.6 Å². The lowest BCUT2D eigenvalue weighted by Crippen LogP contribution is -2.12. The Balaban J connectivity index is 1.84. The van der Waals surface area contributed by atoms with E-state index in [0.717, 1.165) is 22.2 Å². The summed E-state index contributed by atoms with van der Waals surface area (Å²) >= 11 is 7.35. The largest absolute Gasteiger partial charge is 0.298 e. The van der Waals surface area contributed by atoms with E-state index in [2.05, 4.69) is 15.3 Å². The van der Waals surface area contributed by atoms with Gasteiger partial charge in [0.1, 0.15) is 0 Å². The number of fused-ring (bicyclic) bond motifs is 1. The highest BCUT2D eigenvalue weighted by atomic mass is 35.5. The van der Waals surface area contributed by atoms with Crippen molar-refractivity contribution < 1.29 is 4.79 Å². The molecule has 4 nitrogen and oxygen atoms in total. The Labute approximate surface area is 153 Å². The number of nitrogens with one attached hydrogen (secondary N) is 1. The van der Waals surface area contributed by atoms with Gasteiger partial charge in [-0.25, -0.2) is 9.97 Å². The number of carbonyl (C=O) groups is 1. The average Bonchev–Trinajstić information content (AvgIpc) is 3.14. The Morgan fingerprint density at radius 2 is 1.88 bits per heavy atom. The predicted molar refractivity (Wildman–Crippen MR) is 102 cm³/mol. The minimum atomic E-state index is -0.205. The van der Waals surface area contributed by atoms with Crippen LogP contribution in [0.25, 0.3) is 22.2 Å². The van der Waals surface area contributed by atoms with Gasteiger partial charge in [0.05, 0.1) is 16.8 Å². The molecule has 2 heterocycles. The molecule has 1 N–H and O–H groups in total. The smallest absolute Gasteiger partial charge is 0.258 e. The minimum absolute atomic E-state index is 0.205. The van der Waals surface area contributed by atoms with Crippen LogP contribution in [0.3, 0.4) is 0 Å². The highest BCUT2D eigenvalue weighted by Gasteiger charge is 2.15. The molecular weight excluding hydrogens is 354 g/mol. The number of anilines is 1. The number of nitrogens with zero attached hydrogens (tertiary/aromatic N) is 2. The van der Waals surface area contributed by atoms with Gasteiger partial charge in [-0.1, -0.05) is 41.9 Å². The maximum absolute atomic E-state index is 12.8. The molecule has 122 valence electrons. The summed E-state index contributed by atoms with van der Waals surface area (Å²) in [5, 5.41) is 6.68. The first-order valence-electron chi connectivity index (χ1n) is 7.57. The standard InChI is InChI=1S/C19H12ClN3OS/c20-13-7-5-12(6-8-13)17-11-15(14-3-1-2-4-16(14)22-17)18(24)23-19-21-9-10-25-19/h1-11H,(H,21,23,24). The molecular formula is C19H12ClN3OS. The fourth-order valence-electron chi connectivity index (χ4n) is 2.58. The van der Waals surface area contributed by atoms with Crippen molar-refractivity contribution >= 4 is 44.9 Å². The fraction of sp³-hybridized carbons (Fsp3) is 0. The van der Waals surface area contributed by atoms with Crippen LogP contribution in [0.15, 0.2) is 66.2 Å². The molecule has 0 spiro atoms. The number of rotatable bonds is 3. The maximum atomic E-state index is 12.8. The molecule has 2 aromatic carbocycles. The Bertz CT molecular complexity index is 1050. The lowest BCUT2D eigenvalue weighted by molar-refractivity contribution is 0.102. The van der Waals surface area contributed by atoms with E-state index in [1.165, 1.54) is 11.3 Å². The number of para-hydroxylation sites is 1. The fourth-order valence-corrected chi connectivity index (χ4v) is 3.23. The Morgan fingerprint density at radius 3 is 2.64 bits per heavy atom. The van der Waals surface area contributed by atoms with Gasteiger partial charge < -0.3 is 0 Å². The highest BCUT2D eigenvalue weighted by molar-refractivity contribution is 7.13. The Kier molecular flexibility index (Phi) is 4.17. The van der Waals surface area contributed by atoms with Crippen molar-refractivity contribution in [3.8, 4) is 11.3 Å². The molecule has 0 radical (unpaired) electrons. The van der Waals surface area contributed by atoms with Crippen molar-refractivity contribution in [2.75, 3.05) is 5.32 Å². The van der Waals surface area contributed by atoms with Gasteiger partial charge in [0, 0.05) is 27.5 Å². The van der Waals surface area contributed by atoms with Crippen LogP contribution < -0.4 is 5.32 Å². The third-order valence-corrected chi connectivity index (χ3v) is 4.69. The SMILES string of the molecule is O=C(Nc1nccs1)c1cc(-c2ccc(Cl)cc2)nc2ccccc12. The first-order chi connectivity index (χ1) is 12.2.